The fraction of sp³-hybridized carbons (Fsp3) is 0.286. The maximum atomic E-state index is 5.72. The molecule has 0 aromatic carbocycles. The van der Waals surface area contributed by atoms with Crippen molar-refractivity contribution in [3.8, 4) is 0 Å². The minimum Gasteiger partial charge on any atom is -0.398 e. The van der Waals surface area contributed by atoms with E-state index < -0.39 is 0 Å². The summed E-state index contributed by atoms with van der Waals surface area (Å²) in [6.45, 7) is 1.33. The summed E-state index contributed by atoms with van der Waals surface area (Å²) in [5.41, 5.74) is 6.55. The van der Waals surface area contributed by atoms with Crippen molar-refractivity contribution < 1.29 is 0 Å². The van der Waals surface area contributed by atoms with Gasteiger partial charge in [0, 0.05) is 17.1 Å². The van der Waals surface area contributed by atoms with Crippen LogP contribution in [0, 0.1) is 0 Å². The number of nitrogens with one attached hydrogen (secondary N) is 2. The standard InChI is InChI=1S/C7H10N6S/c8-5-1-2-14-6(5)3-9-4-7-10-12-13-11-7/h1-2,9H,3-4,8H2,(H,10,11,12,13). The third kappa shape index (κ3) is 2.06. The van der Waals surface area contributed by atoms with Crippen LogP contribution in [0.5, 0.6) is 0 Å². The number of aromatic nitrogens is 4. The number of H-pyrrole nitrogens is 1. The molecule has 7 heteroatoms. The molecule has 0 amide bonds. The van der Waals surface area contributed by atoms with Crippen molar-refractivity contribution in [3.05, 3.63) is 22.1 Å². The average molecular weight is 210 g/mol. The van der Waals surface area contributed by atoms with E-state index in [2.05, 4.69) is 25.9 Å². The first-order valence-corrected chi connectivity index (χ1v) is 4.99. The number of aromatic amines is 1. The summed E-state index contributed by atoms with van der Waals surface area (Å²) in [6.07, 6.45) is 0. The van der Waals surface area contributed by atoms with Gasteiger partial charge in [-0.2, -0.15) is 5.21 Å². The Morgan fingerprint density at radius 1 is 1.50 bits per heavy atom. The zero-order chi connectivity index (χ0) is 9.80. The maximum Gasteiger partial charge on any atom is 0.188 e. The molecule has 0 aliphatic carbocycles. The van der Waals surface area contributed by atoms with Crippen LogP contribution < -0.4 is 11.1 Å². The minimum absolute atomic E-state index is 0.591. The van der Waals surface area contributed by atoms with Crippen molar-refractivity contribution in [3.63, 3.8) is 0 Å². The number of thiophene rings is 1. The van der Waals surface area contributed by atoms with Crippen molar-refractivity contribution in [2.45, 2.75) is 13.1 Å². The molecule has 0 atom stereocenters. The van der Waals surface area contributed by atoms with Gasteiger partial charge in [-0.25, -0.2) is 0 Å². The molecule has 0 unspecified atom stereocenters. The predicted molar refractivity (Wildman–Crippen MR) is 53.5 cm³/mol. The Morgan fingerprint density at radius 2 is 2.43 bits per heavy atom. The van der Waals surface area contributed by atoms with Gasteiger partial charge in [0.05, 0.1) is 6.54 Å². The van der Waals surface area contributed by atoms with Crippen LogP contribution >= 0.6 is 11.3 Å². The number of anilines is 1. The van der Waals surface area contributed by atoms with E-state index in [0.29, 0.717) is 12.4 Å². The number of hydrogen-bond donors (Lipinski definition) is 3. The molecule has 0 fully saturated rings. The van der Waals surface area contributed by atoms with Crippen molar-refractivity contribution >= 4 is 17.0 Å². The Labute approximate surface area is 84.5 Å². The van der Waals surface area contributed by atoms with Gasteiger partial charge in [0.15, 0.2) is 5.82 Å². The van der Waals surface area contributed by atoms with Crippen molar-refractivity contribution in [1.29, 1.82) is 0 Å². The lowest BCUT2D eigenvalue weighted by Gasteiger charge is -1.99. The third-order valence-corrected chi connectivity index (χ3v) is 2.67. The molecule has 2 heterocycles. The fourth-order valence-corrected chi connectivity index (χ4v) is 1.81. The highest BCUT2D eigenvalue weighted by molar-refractivity contribution is 7.10. The molecule has 2 aromatic heterocycles. The second kappa shape index (κ2) is 4.16. The first-order chi connectivity index (χ1) is 6.86. The predicted octanol–water partition coefficient (Wildman–Crippen LogP) is 0.133. The molecule has 2 aromatic rings. The van der Waals surface area contributed by atoms with Crippen LogP contribution in [0.2, 0.25) is 0 Å². The summed E-state index contributed by atoms with van der Waals surface area (Å²) >= 11 is 1.63. The molecule has 0 saturated carbocycles. The van der Waals surface area contributed by atoms with Gasteiger partial charge in [0.25, 0.3) is 0 Å². The average Bonchev–Trinajstić information content (AvgIpc) is 2.78. The Balaban J connectivity index is 1.81. The van der Waals surface area contributed by atoms with Gasteiger partial charge in [-0.05, 0) is 11.4 Å². The fourth-order valence-electron chi connectivity index (χ4n) is 1.04. The third-order valence-electron chi connectivity index (χ3n) is 1.74. The lowest BCUT2D eigenvalue weighted by atomic mass is 10.4. The molecule has 0 radical (unpaired) electrons. The van der Waals surface area contributed by atoms with Crippen LogP contribution in [0.15, 0.2) is 11.4 Å². The van der Waals surface area contributed by atoms with E-state index in [1.165, 1.54) is 0 Å². The Bertz CT molecular complexity index is 381. The molecule has 6 nitrogen and oxygen atoms in total. The highest BCUT2D eigenvalue weighted by Crippen LogP contribution is 2.17. The van der Waals surface area contributed by atoms with E-state index in [1.54, 1.807) is 11.3 Å². The molecule has 74 valence electrons. The Kier molecular flexibility index (Phi) is 2.70. The molecular weight excluding hydrogens is 200 g/mol. The van der Waals surface area contributed by atoms with Crippen molar-refractivity contribution in [2.24, 2.45) is 0 Å². The van der Waals surface area contributed by atoms with Crippen LogP contribution in [0.4, 0.5) is 5.69 Å². The van der Waals surface area contributed by atoms with Crippen molar-refractivity contribution in [1.82, 2.24) is 25.9 Å². The van der Waals surface area contributed by atoms with E-state index in [0.717, 1.165) is 17.1 Å². The zero-order valence-electron chi connectivity index (χ0n) is 7.40. The molecule has 0 bridgehead atoms. The second-order valence-corrected chi connectivity index (χ2v) is 3.73. The molecular formula is C7H10N6S. The number of nitrogens with two attached hydrogens (primary N) is 1. The lowest BCUT2D eigenvalue weighted by Crippen LogP contribution is -2.13. The number of nitrogens with zero attached hydrogens (tertiary/aromatic N) is 3. The minimum atomic E-state index is 0.591. The Hall–Kier alpha value is -1.47. The van der Waals surface area contributed by atoms with Crippen LogP contribution in [-0.2, 0) is 13.1 Å². The molecule has 0 aliphatic rings. The molecule has 0 spiro atoms. The monoisotopic (exact) mass is 210 g/mol. The highest BCUT2D eigenvalue weighted by atomic mass is 32.1. The zero-order valence-corrected chi connectivity index (χ0v) is 8.21. The molecule has 0 aliphatic heterocycles. The number of nitrogen functional groups attached to an aromatic ring is 1. The number of rotatable bonds is 4. The SMILES string of the molecule is Nc1ccsc1CNCc1nn[nH]n1. The first kappa shape index (κ1) is 9.10. The molecule has 4 N–H and O–H groups in total. The van der Waals surface area contributed by atoms with E-state index >= 15 is 0 Å². The molecule has 14 heavy (non-hydrogen) atoms. The topological polar surface area (TPSA) is 92.5 Å². The summed E-state index contributed by atoms with van der Waals surface area (Å²) in [4.78, 5) is 1.13. The van der Waals surface area contributed by atoms with Crippen molar-refractivity contribution in [2.75, 3.05) is 5.73 Å². The molecule has 0 saturated heterocycles. The quantitative estimate of drug-likeness (QED) is 0.667. The van der Waals surface area contributed by atoms with Gasteiger partial charge in [-0.15, -0.1) is 21.5 Å². The molecule has 2 rings (SSSR count). The Morgan fingerprint density at radius 3 is 3.07 bits per heavy atom. The van der Waals surface area contributed by atoms with Gasteiger partial charge < -0.3 is 11.1 Å². The largest absolute Gasteiger partial charge is 0.398 e. The van der Waals surface area contributed by atoms with E-state index in [9.17, 15) is 0 Å². The van der Waals surface area contributed by atoms with E-state index in [4.69, 9.17) is 5.73 Å². The summed E-state index contributed by atoms with van der Waals surface area (Å²) in [6, 6.07) is 1.90. The lowest BCUT2D eigenvalue weighted by molar-refractivity contribution is 0.670. The van der Waals surface area contributed by atoms with Crippen LogP contribution in [0.3, 0.4) is 0 Å². The van der Waals surface area contributed by atoms with Gasteiger partial charge in [-0.3, -0.25) is 0 Å². The van der Waals surface area contributed by atoms with Crippen LogP contribution in [0.1, 0.15) is 10.7 Å². The summed E-state index contributed by atoms with van der Waals surface area (Å²) < 4.78 is 0. The number of hydrogen-bond acceptors (Lipinski definition) is 6. The number of tetrazole rings is 1. The smallest absolute Gasteiger partial charge is 0.188 e. The van der Waals surface area contributed by atoms with Gasteiger partial charge >= 0.3 is 0 Å². The normalized spacial score (nSPS) is 10.6. The van der Waals surface area contributed by atoms with E-state index in [1.807, 2.05) is 11.4 Å². The van der Waals surface area contributed by atoms with Gasteiger partial charge in [0.1, 0.15) is 0 Å². The second-order valence-electron chi connectivity index (χ2n) is 2.73. The maximum absolute atomic E-state index is 5.72. The summed E-state index contributed by atoms with van der Waals surface area (Å²) in [7, 11) is 0. The van der Waals surface area contributed by atoms with E-state index in [-0.39, 0.29) is 0 Å². The van der Waals surface area contributed by atoms with Crippen LogP contribution in [-0.4, -0.2) is 20.6 Å². The van der Waals surface area contributed by atoms with Gasteiger partial charge in [0.2, 0.25) is 0 Å². The highest BCUT2D eigenvalue weighted by Gasteiger charge is 2.01. The summed E-state index contributed by atoms with van der Waals surface area (Å²) in [5.74, 6) is 0.653. The first-order valence-electron chi connectivity index (χ1n) is 4.11. The summed E-state index contributed by atoms with van der Waals surface area (Å²) in [5, 5.41) is 18.6. The van der Waals surface area contributed by atoms with Gasteiger partial charge in [-0.1, -0.05) is 5.21 Å². The van der Waals surface area contributed by atoms with Crippen LogP contribution in [0.25, 0.3) is 0 Å².